The molecule has 2 aromatic heterocycles. The minimum atomic E-state index is -0.286. The quantitative estimate of drug-likeness (QED) is 0.698. The summed E-state index contributed by atoms with van der Waals surface area (Å²) < 4.78 is 0. The molecule has 0 radical (unpaired) electrons. The second-order valence-electron chi connectivity index (χ2n) is 3.26. The maximum Gasteiger partial charge on any atom is 0.271 e. The summed E-state index contributed by atoms with van der Waals surface area (Å²) in [7, 11) is 1.72. The van der Waals surface area contributed by atoms with Crippen molar-refractivity contribution in [2.45, 2.75) is 6.54 Å². The lowest BCUT2D eigenvalue weighted by Crippen LogP contribution is -2.24. The molecule has 0 unspecified atom stereocenters. The van der Waals surface area contributed by atoms with E-state index in [4.69, 9.17) is 0 Å². The summed E-state index contributed by atoms with van der Waals surface area (Å²) >= 11 is 0. The number of aromatic amines is 1. The zero-order valence-electron chi connectivity index (χ0n) is 9.27. The van der Waals surface area contributed by atoms with Crippen molar-refractivity contribution in [3.63, 3.8) is 0 Å². The fraction of sp³-hybridized carbons (Fsp3) is 0.200. The first-order valence-corrected chi connectivity index (χ1v) is 5.06. The van der Waals surface area contributed by atoms with Crippen molar-refractivity contribution < 1.29 is 4.79 Å². The van der Waals surface area contributed by atoms with Gasteiger partial charge in [-0.05, 0) is 0 Å². The predicted molar refractivity (Wildman–Crippen MR) is 61.3 cm³/mol. The first-order valence-electron chi connectivity index (χ1n) is 5.06. The third-order valence-corrected chi connectivity index (χ3v) is 2.09. The van der Waals surface area contributed by atoms with Crippen LogP contribution in [0.5, 0.6) is 0 Å². The Labute approximate surface area is 97.7 Å². The fourth-order valence-corrected chi connectivity index (χ4v) is 1.25. The van der Waals surface area contributed by atoms with Gasteiger partial charge in [0.05, 0.1) is 18.9 Å². The summed E-state index contributed by atoms with van der Waals surface area (Å²) in [6, 6.07) is 0. The van der Waals surface area contributed by atoms with E-state index in [0.717, 1.165) is 0 Å². The van der Waals surface area contributed by atoms with Crippen molar-refractivity contribution in [1.29, 1.82) is 0 Å². The van der Waals surface area contributed by atoms with E-state index in [9.17, 15) is 4.79 Å². The van der Waals surface area contributed by atoms with Crippen LogP contribution in [-0.2, 0) is 6.54 Å². The second-order valence-corrected chi connectivity index (χ2v) is 3.26. The van der Waals surface area contributed by atoms with Crippen molar-refractivity contribution in [2.75, 3.05) is 12.4 Å². The van der Waals surface area contributed by atoms with E-state index in [2.05, 4.69) is 30.6 Å². The standard InChI is InChI=1S/C10H12N6O/c1-11-8-5-12-4-7(16-8)10(17)15-6-9-13-2-3-14-9/h2-5H,6H2,1H3,(H,11,16)(H,13,14)(H,15,17). The number of nitrogens with one attached hydrogen (secondary N) is 3. The Balaban J connectivity index is 1.99. The molecule has 2 aromatic rings. The Bertz CT molecular complexity index is 495. The smallest absolute Gasteiger partial charge is 0.271 e. The number of H-pyrrole nitrogens is 1. The van der Waals surface area contributed by atoms with Gasteiger partial charge in [0.25, 0.3) is 5.91 Å². The highest BCUT2D eigenvalue weighted by Gasteiger charge is 2.08. The Morgan fingerprint density at radius 2 is 2.35 bits per heavy atom. The van der Waals surface area contributed by atoms with Crippen LogP contribution in [0.15, 0.2) is 24.8 Å². The highest BCUT2D eigenvalue weighted by atomic mass is 16.1. The minimum Gasteiger partial charge on any atom is -0.372 e. The number of nitrogens with zero attached hydrogens (tertiary/aromatic N) is 3. The largest absolute Gasteiger partial charge is 0.372 e. The zero-order chi connectivity index (χ0) is 12.1. The summed E-state index contributed by atoms with van der Waals surface area (Å²) in [5.74, 6) is 0.956. The Kier molecular flexibility index (Phi) is 3.29. The van der Waals surface area contributed by atoms with Crippen LogP contribution in [0.1, 0.15) is 16.3 Å². The van der Waals surface area contributed by atoms with Gasteiger partial charge in [0.15, 0.2) is 0 Å². The average molecular weight is 232 g/mol. The van der Waals surface area contributed by atoms with Crippen LogP contribution in [0.4, 0.5) is 5.82 Å². The molecular weight excluding hydrogens is 220 g/mol. The summed E-state index contributed by atoms with van der Waals surface area (Å²) in [5.41, 5.74) is 0.267. The fourth-order valence-electron chi connectivity index (χ4n) is 1.25. The number of anilines is 1. The van der Waals surface area contributed by atoms with E-state index in [1.165, 1.54) is 6.20 Å². The molecule has 0 aliphatic heterocycles. The van der Waals surface area contributed by atoms with Gasteiger partial charge < -0.3 is 15.6 Å². The third-order valence-electron chi connectivity index (χ3n) is 2.09. The highest BCUT2D eigenvalue weighted by Crippen LogP contribution is 2.00. The summed E-state index contributed by atoms with van der Waals surface area (Å²) in [6.07, 6.45) is 6.29. The van der Waals surface area contributed by atoms with Crippen LogP contribution >= 0.6 is 0 Å². The Hall–Kier alpha value is -2.44. The van der Waals surface area contributed by atoms with Gasteiger partial charge in [-0.15, -0.1) is 0 Å². The number of hydrogen-bond donors (Lipinski definition) is 3. The molecule has 0 aliphatic carbocycles. The van der Waals surface area contributed by atoms with E-state index in [-0.39, 0.29) is 11.6 Å². The van der Waals surface area contributed by atoms with E-state index in [0.29, 0.717) is 18.2 Å². The van der Waals surface area contributed by atoms with Gasteiger partial charge in [0.1, 0.15) is 17.3 Å². The van der Waals surface area contributed by atoms with E-state index >= 15 is 0 Å². The van der Waals surface area contributed by atoms with E-state index in [1.807, 2.05) is 0 Å². The van der Waals surface area contributed by atoms with E-state index < -0.39 is 0 Å². The molecular formula is C10H12N6O. The molecule has 0 aromatic carbocycles. The molecule has 88 valence electrons. The number of hydrogen-bond acceptors (Lipinski definition) is 5. The normalized spacial score (nSPS) is 9.94. The van der Waals surface area contributed by atoms with Gasteiger partial charge in [-0.3, -0.25) is 9.78 Å². The van der Waals surface area contributed by atoms with Crippen molar-refractivity contribution in [2.24, 2.45) is 0 Å². The maximum atomic E-state index is 11.7. The van der Waals surface area contributed by atoms with Gasteiger partial charge in [0, 0.05) is 19.4 Å². The number of rotatable bonds is 4. The summed E-state index contributed by atoms with van der Waals surface area (Å²) in [4.78, 5) is 26.6. The molecule has 7 heteroatoms. The Morgan fingerprint density at radius 3 is 3.06 bits per heavy atom. The first-order chi connectivity index (χ1) is 8.29. The predicted octanol–water partition coefficient (Wildman–Crippen LogP) is 0.171. The summed E-state index contributed by atoms with van der Waals surface area (Å²) in [5, 5.41) is 5.51. The van der Waals surface area contributed by atoms with Crippen molar-refractivity contribution >= 4 is 11.7 Å². The molecule has 1 amide bonds. The average Bonchev–Trinajstić information content (AvgIpc) is 2.89. The minimum absolute atomic E-state index is 0.267. The molecule has 17 heavy (non-hydrogen) atoms. The van der Waals surface area contributed by atoms with Crippen molar-refractivity contribution in [1.82, 2.24) is 25.3 Å². The van der Waals surface area contributed by atoms with Gasteiger partial charge in [-0.2, -0.15) is 0 Å². The molecule has 0 saturated carbocycles. The lowest BCUT2D eigenvalue weighted by molar-refractivity contribution is 0.0944. The molecule has 2 rings (SSSR count). The van der Waals surface area contributed by atoms with Crippen molar-refractivity contribution in [3.05, 3.63) is 36.3 Å². The first kappa shape index (κ1) is 11.1. The van der Waals surface area contributed by atoms with Gasteiger partial charge in [-0.25, -0.2) is 9.97 Å². The van der Waals surface area contributed by atoms with E-state index in [1.54, 1.807) is 25.6 Å². The van der Waals surface area contributed by atoms with Gasteiger partial charge in [-0.1, -0.05) is 0 Å². The third kappa shape index (κ3) is 2.77. The number of carbonyl (C=O) groups excluding carboxylic acids is 1. The molecule has 0 atom stereocenters. The van der Waals surface area contributed by atoms with Crippen molar-refractivity contribution in [3.8, 4) is 0 Å². The zero-order valence-corrected chi connectivity index (χ0v) is 9.27. The van der Waals surface area contributed by atoms with Crippen LogP contribution in [0.2, 0.25) is 0 Å². The second kappa shape index (κ2) is 5.06. The van der Waals surface area contributed by atoms with Gasteiger partial charge >= 0.3 is 0 Å². The lowest BCUT2D eigenvalue weighted by atomic mass is 10.4. The van der Waals surface area contributed by atoms with Crippen LogP contribution in [-0.4, -0.2) is 32.9 Å². The monoisotopic (exact) mass is 232 g/mol. The lowest BCUT2D eigenvalue weighted by Gasteiger charge is -2.04. The van der Waals surface area contributed by atoms with Crippen LogP contribution in [0.3, 0.4) is 0 Å². The van der Waals surface area contributed by atoms with Gasteiger partial charge in [0.2, 0.25) is 0 Å². The number of carbonyl (C=O) groups is 1. The van der Waals surface area contributed by atoms with Crippen LogP contribution < -0.4 is 10.6 Å². The molecule has 2 heterocycles. The molecule has 0 aliphatic rings. The topological polar surface area (TPSA) is 95.6 Å². The Morgan fingerprint density at radius 1 is 1.47 bits per heavy atom. The van der Waals surface area contributed by atoms with Crippen LogP contribution in [0.25, 0.3) is 0 Å². The maximum absolute atomic E-state index is 11.7. The van der Waals surface area contributed by atoms with Crippen LogP contribution in [0, 0.1) is 0 Å². The number of aromatic nitrogens is 4. The molecule has 3 N–H and O–H groups in total. The molecule has 0 saturated heterocycles. The number of amides is 1. The highest BCUT2D eigenvalue weighted by molar-refractivity contribution is 5.92. The molecule has 7 nitrogen and oxygen atoms in total. The molecule has 0 spiro atoms. The molecule has 0 bridgehead atoms. The SMILES string of the molecule is CNc1cncc(C(=O)NCc2ncc[nH]2)n1. The molecule has 0 fully saturated rings. The summed E-state index contributed by atoms with van der Waals surface area (Å²) in [6.45, 7) is 0.331. The number of imidazole rings is 1.